The summed E-state index contributed by atoms with van der Waals surface area (Å²) in [6.07, 6.45) is 6.34. The molecule has 2 saturated heterocycles. The van der Waals surface area contributed by atoms with Gasteiger partial charge in [0.05, 0.1) is 6.54 Å². The molecule has 0 aromatic rings. The highest BCUT2D eigenvalue weighted by Crippen LogP contribution is 2.18. The second kappa shape index (κ2) is 13.7. The van der Waals surface area contributed by atoms with Crippen molar-refractivity contribution in [3.05, 3.63) is 0 Å². The summed E-state index contributed by atoms with van der Waals surface area (Å²) < 4.78 is 0. The quantitative estimate of drug-likeness (QED) is 0.307. The zero-order valence-electron chi connectivity index (χ0n) is 19.2. The highest BCUT2D eigenvalue weighted by Gasteiger charge is 2.28. The van der Waals surface area contributed by atoms with E-state index in [4.69, 9.17) is 4.99 Å². The monoisotopic (exact) mass is 521 g/mol. The van der Waals surface area contributed by atoms with Gasteiger partial charge in [0.2, 0.25) is 5.91 Å². The maximum Gasteiger partial charge on any atom is 0.225 e. The van der Waals surface area contributed by atoms with Gasteiger partial charge in [-0.1, -0.05) is 40.5 Å². The molecule has 0 aliphatic carbocycles. The van der Waals surface area contributed by atoms with Gasteiger partial charge in [-0.3, -0.25) is 14.7 Å². The Hall–Kier alpha value is -0.570. The van der Waals surface area contributed by atoms with Crippen LogP contribution in [0.3, 0.4) is 0 Å². The first-order valence-electron chi connectivity index (χ1n) is 11.5. The van der Waals surface area contributed by atoms with Gasteiger partial charge < -0.3 is 15.5 Å². The lowest BCUT2D eigenvalue weighted by atomic mass is 10.0. The lowest BCUT2D eigenvalue weighted by Crippen LogP contribution is -2.47. The number of nitrogens with zero attached hydrogens (tertiary/aromatic N) is 3. The van der Waals surface area contributed by atoms with Crippen LogP contribution >= 0.6 is 24.0 Å². The van der Waals surface area contributed by atoms with Gasteiger partial charge in [0.1, 0.15) is 0 Å². The fourth-order valence-corrected chi connectivity index (χ4v) is 4.32. The molecular weight excluding hydrogens is 477 g/mol. The molecule has 2 N–H and O–H groups in total. The van der Waals surface area contributed by atoms with Gasteiger partial charge >= 0.3 is 0 Å². The zero-order chi connectivity index (χ0) is 20.5. The van der Waals surface area contributed by atoms with Gasteiger partial charge in [0.25, 0.3) is 0 Å². The Balaban J connectivity index is 0.00000420. The number of rotatable bonds is 7. The molecule has 0 aromatic carbocycles. The van der Waals surface area contributed by atoms with Crippen LogP contribution in [0.5, 0.6) is 0 Å². The van der Waals surface area contributed by atoms with E-state index in [0.717, 1.165) is 38.6 Å². The van der Waals surface area contributed by atoms with Crippen LogP contribution in [-0.4, -0.2) is 73.0 Å². The molecule has 0 aromatic heterocycles. The Morgan fingerprint density at radius 3 is 2.28 bits per heavy atom. The van der Waals surface area contributed by atoms with Crippen molar-refractivity contribution in [3.8, 4) is 0 Å². The van der Waals surface area contributed by atoms with Crippen LogP contribution in [0.15, 0.2) is 4.99 Å². The minimum atomic E-state index is 0. The number of hydrogen-bond donors (Lipinski definition) is 2. The third kappa shape index (κ3) is 8.59. The van der Waals surface area contributed by atoms with E-state index in [1.54, 1.807) is 0 Å². The molecule has 0 saturated carbocycles. The number of amides is 1. The molecule has 2 rings (SSSR count). The molecule has 6 nitrogen and oxygen atoms in total. The second-order valence-electron chi connectivity index (χ2n) is 9.05. The predicted molar refractivity (Wildman–Crippen MR) is 133 cm³/mol. The fraction of sp³-hybridized carbons (Fsp3) is 0.909. The SMILES string of the molecule is CCNC(=NCC(C(C)C)N1CCCCCC1)NC1CCN(C(=O)C(C)C)C1.I. The smallest absolute Gasteiger partial charge is 0.225 e. The van der Waals surface area contributed by atoms with Gasteiger partial charge in [-0.25, -0.2) is 0 Å². The highest BCUT2D eigenvalue weighted by atomic mass is 127. The number of nitrogens with one attached hydrogen (secondary N) is 2. The van der Waals surface area contributed by atoms with E-state index in [1.807, 2.05) is 18.7 Å². The second-order valence-corrected chi connectivity index (χ2v) is 9.05. The van der Waals surface area contributed by atoms with Crippen molar-refractivity contribution in [3.63, 3.8) is 0 Å². The molecule has 2 aliphatic rings. The van der Waals surface area contributed by atoms with Crippen LogP contribution in [0.25, 0.3) is 0 Å². The van der Waals surface area contributed by atoms with E-state index in [-0.39, 0.29) is 41.8 Å². The highest BCUT2D eigenvalue weighted by molar-refractivity contribution is 14.0. The van der Waals surface area contributed by atoms with Crippen LogP contribution in [0, 0.1) is 11.8 Å². The number of likely N-dealkylation sites (tertiary alicyclic amines) is 2. The minimum absolute atomic E-state index is 0. The van der Waals surface area contributed by atoms with Crippen LogP contribution in [0.4, 0.5) is 0 Å². The van der Waals surface area contributed by atoms with Gasteiger partial charge in [0, 0.05) is 37.6 Å². The summed E-state index contributed by atoms with van der Waals surface area (Å²) in [6, 6.07) is 0.785. The first-order chi connectivity index (χ1) is 13.4. The van der Waals surface area contributed by atoms with Crippen LogP contribution < -0.4 is 10.6 Å². The molecule has 7 heteroatoms. The van der Waals surface area contributed by atoms with E-state index >= 15 is 0 Å². The fourth-order valence-electron chi connectivity index (χ4n) is 4.32. The van der Waals surface area contributed by atoms with Crippen molar-refractivity contribution in [2.75, 3.05) is 39.3 Å². The largest absolute Gasteiger partial charge is 0.357 e. The Morgan fingerprint density at radius 2 is 1.72 bits per heavy atom. The molecule has 29 heavy (non-hydrogen) atoms. The van der Waals surface area contributed by atoms with Crippen LogP contribution in [-0.2, 0) is 4.79 Å². The summed E-state index contributed by atoms with van der Waals surface area (Å²) in [7, 11) is 0. The summed E-state index contributed by atoms with van der Waals surface area (Å²) in [4.78, 5) is 21.8. The topological polar surface area (TPSA) is 60.0 Å². The number of guanidine groups is 1. The zero-order valence-corrected chi connectivity index (χ0v) is 21.6. The Bertz CT molecular complexity index is 503. The Kier molecular flexibility index (Phi) is 12.5. The van der Waals surface area contributed by atoms with Crippen molar-refractivity contribution in [2.24, 2.45) is 16.8 Å². The average Bonchev–Trinajstić information content (AvgIpc) is 2.94. The van der Waals surface area contributed by atoms with Gasteiger partial charge in [0.15, 0.2) is 5.96 Å². The molecule has 2 atom stereocenters. The average molecular weight is 522 g/mol. The van der Waals surface area contributed by atoms with Crippen molar-refractivity contribution in [1.82, 2.24) is 20.4 Å². The van der Waals surface area contributed by atoms with E-state index in [1.165, 1.54) is 38.8 Å². The molecular formula is C22H44IN5O. The number of carbonyl (C=O) groups excluding carboxylic acids is 1. The molecule has 0 spiro atoms. The van der Waals surface area contributed by atoms with E-state index in [9.17, 15) is 4.79 Å². The summed E-state index contributed by atoms with van der Waals surface area (Å²) in [5.41, 5.74) is 0. The predicted octanol–water partition coefficient (Wildman–Crippen LogP) is 3.32. The van der Waals surface area contributed by atoms with E-state index in [0.29, 0.717) is 12.0 Å². The van der Waals surface area contributed by atoms with Crippen molar-refractivity contribution in [2.45, 2.75) is 78.8 Å². The lowest BCUT2D eigenvalue weighted by Gasteiger charge is -2.32. The third-order valence-electron chi connectivity index (χ3n) is 5.99. The summed E-state index contributed by atoms with van der Waals surface area (Å²) in [5.74, 6) is 1.82. The van der Waals surface area contributed by atoms with E-state index < -0.39 is 0 Å². The summed E-state index contributed by atoms with van der Waals surface area (Å²) in [6.45, 7) is 16.4. The van der Waals surface area contributed by atoms with Crippen LogP contribution in [0.1, 0.15) is 66.7 Å². The van der Waals surface area contributed by atoms with Crippen molar-refractivity contribution in [1.29, 1.82) is 0 Å². The first kappa shape index (κ1) is 26.5. The molecule has 2 heterocycles. The molecule has 2 unspecified atom stereocenters. The standard InChI is InChI=1S/C22H43N5O.HI/c1-6-23-22(25-19-11-14-27(16-19)21(28)18(4)5)24-15-20(17(2)3)26-12-9-7-8-10-13-26;/h17-20H,6-16H2,1-5H3,(H2,23,24,25);1H. The molecule has 2 fully saturated rings. The van der Waals surface area contributed by atoms with Crippen molar-refractivity contribution < 1.29 is 4.79 Å². The first-order valence-corrected chi connectivity index (χ1v) is 11.5. The maximum atomic E-state index is 12.2. The normalized spacial score (nSPS) is 22.4. The van der Waals surface area contributed by atoms with Gasteiger partial charge in [-0.2, -0.15) is 0 Å². The number of carbonyl (C=O) groups is 1. The lowest BCUT2D eigenvalue weighted by molar-refractivity contribution is -0.133. The molecule has 170 valence electrons. The maximum absolute atomic E-state index is 12.2. The Morgan fingerprint density at radius 1 is 1.07 bits per heavy atom. The molecule has 0 bridgehead atoms. The third-order valence-corrected chi connectivity index (χ3v) is 5.99. The summed E-state index contributed by atoms with van der Waals surface area (Å²) >= 11 is 0. The molecule has 0 radical (unpaired) electrons. The van der Waals surface area contributed by atoms with Crippen LogP contribution in [0.2, 0.25) is 0 Å². The molecule has 2 aliphatic heterocycles. The van der Waals surface area contributed by atoms with E-state index in [2.05, 4.69) is 36.3 Å². The Labute approximate surface area is 195 Å². The minimum Gasteiger partial charge on any atom is -0.357 e. The summed E-state index contributed by atoms with van der Waals surface area (Å²) in [5, 5.41) is 6.98. The number of halogens is 1. The molecule has 1 amide bonds. The van der Waals surface area contributed by atoms with Crippen molar-refractivity contribution >= 4 is 35.8 Å². The number of aliphatic imine (C=N–C) groups is 1. The number of hydrogen-bond acceptors (Lipinski definition) is 3. The van der Waals surface area contributed by atoms with Gasteiger partial charge in [-0.15, -0.1) is 24.0 Å². The van der Waals surface area contributed by atoms with Gasteiger partial charge in [-0.05, 0) is 45.2 Å².